The molecule has 0 N–H and O–H groups in total. The second kappa shape index (κ2) is 8.85. The number of benzene rings is 1. The summed E-state index contributed by atoms with van der Waals surface area (Å²) < 4.78 is 5.03. The Labute approximate surface area is 145 Å². The van der Waals surface area contributed by atoms with Crippen molar-refractivity contribution < 1.29 is 14.3 Å². The Morgan fingerprint density at radius 2 is 1.96 bits per heavy atom. The lowest BCUT2D eigenvalue weighted by Crippen LogP contribution is -2.30. The fraction of sp³-hybridized carbons (Fsp3) is 0.278. The van der Waals surface area contributed by atoms with E-state index < -0.39 is 5.97 Å². The first-order chi connectivity index (χ1) is 11.6. The van der Waals surface area contributed by atoms with Crippen molar-refractivity contribution in [1.82, 2.24) is 4.90 Å². The molecule has 0 spiro atoms. The molecule has 0 fully saturated rings. The maximum atomic E-state index is 11.9. The minimum atomic E-state index is -0.406. The van der Waals surface area contributed by atoms with Crippen molar-refractivity contribution in [3.63, 3.8) is 0 Å². The van der Waals surface area contributed by atoms with Crippen LogP contribution in [-0.2, 0) is 27.3 Å². The van der Waals surface area contributed by atoms with E-state index in [1.54, 1.807) is 30.5 Å². The van der Waals surface area contributed by atoms with Crippen LogP contribution in [0.2, 0.25) is 0 Å². The number of hydrogen-bond acceptors (Lipinski definition) is 5. The van der Waals surface area contributed by atoms with E-state index in [1.807, 2.05) is 35.0 Å². The van der Waals surface area contributed by atoms with Crippen molar-refractivity contribution in [2.24, 2.45) is 0 Å². The Balaban J connectivity index is 1.70. The predicted molar refractivity (Wildman–Crippen MR) is 91.2 cm³/mol. The molecule has 5 nitrogen and oxygen atoms in total. The van der Waals surface area contributed by atoms with Gasteiger partial charge in [-0.2, -0.15) is 16.6 Å². The van der Waals surface area contributed by atoms with Crippen LogP contribution in [0.1, 0.15) is 23.1 Å². The lowest BCUT2D eigenvalue weighted by atomic mass is 10.1. The van der Waals surface area contributed by atoms with E-state index in [0.29, 0.717) is 18.5 Å². The number of carbonyl (C=O) groups is 2. The second-order valence-corrected chi connectivity index (χ2v) is 6.13. The van der Waals surface area contributed by atoms with Gasteiger partial charge in [0.25, 0.3) is 5.91 Å². The molecule has 2 aromatic rings. The Bertz CT molecular complexity index is 718. The van der Waals surface area contributed by atoms with Crippen molar-refractivity contribution in [2.45, 2.75) is 19.4 Å². The summed E-state index contributed by atoms with van der Waals surface area (Å²) >= 11 is 1.58. The van der Waals surface area contributed by atoms with Gasteiger partial charge in [-0.1, -0.05) is 12.1 Å². The van der Waals surface area contributed by atoms with Crippen LogP contribution in [0, 0.1) is 11.3 Å². The van der Waals surface area contributed by atoms with Gasteiger partial charge in [0, 0.05) is 20.0 Å². The van der Waals surface area contributed by atoms with E-state index in [1.165, 1.54) is 4.90 Å². The monoisotopic (exact) mass is 342 g/mol. The normalized spacial score (nSPS) is 10.0. The van der Waals surface area contributed by atoms with Crippen LogP contribution < -0.4 is 0 Å². The fourth-order valence-corrected chi connectivity index (χ4v) is 2.72. The zero-order chi connectivity index (χ0) is 17.4. The molecule has 1 aromatic heterocycles. The van der Waals surface area contributed by atoms with E-state index in [0.717, 1.165) is 11.1 Å². The molecule has 0 aliphatic rings. The fourth-order valence-electron chi connectivity index (χ4n) is 2.06. The predicted octanol–water partition coefficient (Wildman–Crippen LogP) is 2.75. The van der Waals surface area contributed by atoms with Crippen molar-refractivity contribution in [3.8, 4) is 6.07 Å². The summed E-state index contributed by atoms with van der Waals surface area (Å²) in [4.78, 5) is 25.2. The molecular formula is C18H18N2O3S. The number of thiophene rings is 1. The molecule has 0 aliphatic heterocycles. The molecule has 0 saturated carbocycles. The average molecular weight is 342 g/mol. The quantitative estimate of drug-likeness (QED) is 0.726. The number of carbonyl (C=O) groups excluding carboxylic acids is 2. The molecule has 1 amide bonds. The van der Waals surface area contributed by atoms with Gasteiger partial charge in [-0.05, 0) is 46.5 Å². The lowest BCUT2D eigenvalue weighted by molar-refractivity contribution is -0.151. The van der Waals surface area contributed by atoms with Gasteiger partial charge in [0.15, 0.2) is 6.61 Å². The number of esters is 1. The van der Waals surface area contributed by atoms with Gasteiger partial charge in [-0.25, -0.2) is 0 Å². The van der Waals surface area contributed by atoms with Gasteiger partial charge >= 0.3 is 5.97 Å². The minimum absolute atomic E-state index is 0.202. The summed E-state index contributed by atoms with van der Waals surface area (Å²) in [5, 5.41) is 12.7. The topological polar surface area (TPSA) is 70.4 Å². The first-order valence-electron chi connectivity index (χ1n) is 7.48. The Morgan fingerprint density at radius 1 is 1.21 bits per heavy atom. The van der Waals surface area contributed by atoms with E-state index in [4.69, 9.17) is 10.00 Å². The van der Waals surface area contributed by atoms with E-state index in [9.17, 15) is 9.59 Å². The van der Waals surface area contributed by atoms with Crippen LogP contribution in [0.4, 0.5) is 0 Å². The molecule has 0 bridgehead atoms. The Morgan fingerprint density at radius 3 is 2.58 bits per heavy atom. The number of aryl methyl sites for hydroxylation is 1. The highest BCUT2D eigenvalue weighted by Gasteiger charge is 2.12. The number of nitriles is 1. The van der Waals surface area contributed by atoms with E-state index in [2.05, 4.69) is 0 Å². The third kappa shape index (κ3) is 5.52. The minimum Gasteiger partial charge on any atom is -0.456 e. The van der Waals surface area contributed by atoms with Gasteiger partial charge in [-0.15, -0.1) is 0 Å². The van der Waals surface area contributed by atoms with Crippen LogP contribution in [0.25, 0.3) is 0 Å². The highest BCUT2D eigenvalue weighted by Crippen LogP contribution is 2.09. The van der Waals surface area contributed by atoms with Crippen molar-refractivity contribution in [2.75, 3.05) is 13.7 Å². The van der Waals surface area contributed by atoms with Crippen molar-refractivity contribution in [1.29, 1.82) is 5.26 Å². The van der Waals surface area contributed by atoms with Crippen LogP contribution in [0.3, 0.4) is 0 Å². The summed E-state index contributed by atoms with van der Waals surface area (Å²) in [6, 6.07) is 11.0. The first-order valence-corrected chi connectivity index (χ1v) is 8.42. The molecule has 24 heavy (non-hydrogen) atoms. The van der Waals surface area contributed by atoms with Gasteiger partial charge in [0.2, 0.25) is 0 Å². The molecule has 0 aliphatic carbocycles. The molecule has 2 rings (SSSR count). The number of amides is 1. The molecule has 0 radical (unpaired) electrons. The smallest absolute Gasteiger partial charge is 0.306 e. The highest BCUT2D eigenvalue weighted by atomic mass is 32.1. The largest absolute Gasteiger partial charge is 0.456 e. The number of likely N-dealkylation sites (N-methyl/N-ethyl adjacent to an activating group) is 1. The zero-order valence-electron chi connectivity index (χ0n) is 13.4. The molecule has 0 unspecified atom stereocenters. The van der Waals surface area contributed by atoms with Gasteiger partial charge in [0.1, 0.15) is 0 Å². The SMILES string of the molecule is CN(Cc1ccsc1)C(=O)COC(=O)CCc1ccc(C#N)cc1. The van der Waals surface area contributed by atoms with Crippen LogP contribution in [0.5, 0.6) is 0 Å². The number of hydrogen-bond donors (Lipinski definition) is 0. The summed E-state index contributed by atoms with van der Waals surface area (Å²) in [5.74, 6) is -0.635. The van der Waals surface area contributed by atoms with Crippen LogP contribution in [-0.4, -0.2) is 30.4 Å². The highest BCUT2D eigenvalue weighted by molar-refractivity contribution is 7.07. The third-order valence-electron chi connectivity index (χ3n) is 3.48. The molecule has 1 aromatic carbocycles. The molecule has 0 saturated heterocycles. The standard InChI is InChI=1S/C18H18N2O3S/c1-20(11-16-8-9-24-13-16)17(21)12-23-18(22)7-6-14-2-4-15(10-19)5-3-14/h2-5,8-9,13H,6-7,11-12H2,1H3. The maximum Gasteiger partial charge on any atom is 0.306 e. The second-order valence-electron chi connectivity index (χ2n) is 5.35. The number of rotatable bonds is 7. The van der Waals surface area contributed by atoms with Gasteiger partial charge < -0.3 is 9.64 Å². The van der Waals surface area contributed by atoms with Crippen molar-refractivity contribution in [3.05, 3.63) is 57.8 Å². The van der Waals surface area contributed by atoms with Gasteiger partial charge in [0.05, 0.1) is 11.6 Å². The maximum absolute atomic E-state index is 11.9. The summed E-state index contributed by atoms with van der Waals surface area (Å²) in [6.07, 6.45) is 0.719. The molecule has 124 valence electrons. The van der Waals surface area contributed by atoms with Gasteiger partial charge in [-0.3, -0.25) is 9.59 Å². The Kier molecular flexibility index (Phi) is 6.52. The summed E-state index contributed by atoms with van der Waals surface area (Å²) in [5.41, 5.74) is 2.59. The average Bonchev–Trinajstić information content (AvgIpc) is 3.11. The first kappa shape index (κ1) is 17.7. The van der Waals surface area contributed by atoms with Crippen LogP contribution >= 0.6 is 11.3 Å². The third-order valence-corrected chi connectivity index (χ3v) is 4.22. The molecule has 1 heterocycles. The molecule has 0 atom stereocenters. The van der Waals surface area contributed by atoms with E-state index in [-0.39, 0.29) is 18.9 Å². The van der Waals surface area contributed by atoms with Crippen LogP contribution in [0.15, 0.2) is 41.1 Å². The number of ether oxygens (including phenoxy) is 1. The Hall–Kier alpha value is -2.65. The van der Waals surface area contributed by atoms with Crippen molar-refractivity contribution >= 4 is 23.2 Å². The summed E-state index contributed by atoms with van der Waals surface area (Å²) in [6.45, 7) is 0.262. The summed E-state index contributed by atoms with van der Waals surface area (Å²) in [7, 11) is 1.69. The van der Waals surface area contributed by atoms with E-state index >= 15 is 0 Å². The lowest BCUT2D eigenvalue weighted by Gasteiger charge is -2.16. The zero-order valence-corrected chi connectivity index (χ0v) is 14.2. The molecular weight excluding hydrogens is 324 g/mol. The number of nitrogens with zero attached hydrogens (tertiary/aromatic N) is 2. The molecule has 6 heteroatoms.